The van der Waals surface area contributed by atoms with Crippen LogP contribution in [0.5, 0.6) is 0 Å². The van der Waals surface area contributed by atoms with Crippen LogP contribution < -0.4 is 0 Å². The van der Waals surface area contributed by atoms with Gasteiger partial charge in [0.05, 0.1) is 6.04 Å². The fourth-order valence-corrected chi connectivity index (χ4v) is 2.29. The quantitative estimate of drug-likeness (QED) is 0.764. The Kier molecular flexibility index (Phi) is 3.64. The fourth-order valence-electron chi connectivity index (χ4n) is 2.03. The molecule has 0 N–H and O–H groups in total. The van der Waals surface area contributed by atoms with Gasteiger partial charge in [-0.05, 0) is 17.7 Å². The third-order valence-corrected chi connectivity index (χ3v) is 3.20. The minimum atomic E-state index is 0.0131. The molecular weight excluding hydrogens is 234 g/mol. The molecule has 88 valence electrons. The Morgan fingerprint density at radius 2 is 2.24 bits per heavy atom. The molecule has 0 saturated heterocycles. The van der Waals surface area contributed by atoms with Crippen LogP contribution in [0.2, 0.25) is 5.02 Å². The summed E-state index contributed by atoms with van der Waals surface area (Å²) in [7, 11) is 0. The van der Waals surface area contributed by atoms with Gasteiger partial charge < -0.3 is 4.90 Å². The Bertz CT molecular complexity index is 467. The van der Waals surface area contributed by atoms with Gasteiger partial charge in [-0.15, -0.1) is 6.58 Å². The standard InChI is InChI=1S/C14H14ClNO/c1-2-8-16-9-7-11(17)10-14(16)12-5-3-4-6-13(12)15/h2-7,9,14H,1,8,10H2/t14-/m1/s1. The number of carbonyl (C=O) groups is 1. The highest BCUT2D eigenvalue weighted by Crippen LogP contribution is 2.32. The molecule has 1 aliphatic heterocycles. The molecule has 2 rings (SSSR count). The molecule has 2 nitrogen and oxygen atoms in total. The second kappa shape index (κ2) is 5.19. The number of hydrogen-bond donors (Lipinski definition) is 0. The normalized spacial score (nSPS) is 19.5. The first-order valence-corrected chi connectivity index (χ1v) is 5.92. The van der Waals surface area contributed by atoms with Crippen LogP contribution in [0, 0.1) is 0 Å². The molecule has 0 spiro atoms. The number of hydrogen-bond acceptors (Lipinski definition) is 2. The van der Waals surface area contributed by atoms with E-state index in [1.54, 1.807) is 6.08 Å². The highest BCUT2D eigenvalue weighted by Gasteiger charge is 2.24. The lowest BCUT2D eigenvalue weighted by Crippen LogP contribution is -2.29. The van der Waals surface area contributed by atoms with Gasteiger partial charge in [0, 0.05) is 24.2 Å². The molecular formula is C14H14ClNO. The van der Waals surface area contributed by atoms with Crippen molar-refractivity contribution in [3.05, 3.63) is 59.8 Å². The molecule has 3 heteroatoms. The predicted molar refractivity (Wildman–Crippen MR) is 69.9 cm³/mol. The van der Waals surface area contributed by atoms with E-state index in [1.165, 1.54) is 0 Å². The summed E-state index contributed by atoms with van der Waals surface area (Å²) in [5.74, 6) is 0.134. The molecule has 1 atom stereocenters. The van der Waals surface area contributed by atoms with Gasteiger partial charge in [0.25, 0.3) is 0 Å². The van der Waals surface area contributed by atoms with Crippen LogP contribution in [0.4, 0.5) is 0 Å². The van der Waals surface area contributed by atoms with Crippen LogP contribution in [0.3, 0.4) is 0 Å². The van der Waals surface area contributed by atoms with Gasteiger partial charge in [-0.3, -0.25) is 4.79 Å². The molecule has 17 heavy (non-hydrogen) atoms. The van der Waals surface area contributed by atoms with Gasteiger partial charge in [0.2, 0.25) is 0 Å². The SMILES string of the molecule is C=CCN1C=CC(=O)C[C@@H]1c1ccccc1Cl. The van der Waals surface area contributed by atoms with Crippen LogP contribution in [0.25, 0.3) is 0 Å². The lowest BCUT2D eigenvalue weighted by atomic mass is 9.97. The Morgan fingerprint density at radius 1 is 1.47 bits per heavy atom. The van der Waals surface area contributed by atoms with Crippen molar-refractivity contribution in [1.82, 2.24) is 4.90 Å². The summed E-state index contributed by atoms with van der Waals surface area (Å²) in [6.45, 7) is 4.44. The third kappa shape index (κ3) is 2.59. The van der Waals surface area contributed by atoms with Crippen molar-refractivity contribution in [2.75, 3.05) is 6.54 Å². The van der Waals surface area contributed by atoms with Crippen molar-refractivity contribution < 1.29 is 4.79 Å². The monoisotopic (exact) mass is 247 g/mol. The summed E-state index contributed by atoms with van der Waals surface area (Å²) in [5, 5.41) is 0.703. The molecule has 0 radical (unpaired) electrons. The maximum atomic E-state index is 11.5. The molecule has 0 fully saturated rings. The van der Waals surface area contributed by atoms with Crippen molar-refractivity contribution in [2.45, 2.75) is 12.5 Å². The first kappa shape index (κ1) is 11.9. The average Bonchev–Trinajstić information content (AvgIpc) is 2.32. The number of halogens is 1. The van der Waals surface area contributed by atoms with E-state index in [9.17, 15) is 4.79 Å². The summed E-state index contributed by atoms with van der Waals surface area (Å²) in [4.78, 5) is 13.6. The van der Waals surface area contributed by atoms with Crippen LogP contribution >= 0.6 is 11.6 Å². The molecule has 1 aliphatic rings. The topological polar surface area (TPSA) is 20.3 Å². The van der Waals surface area contributed by atoms with Crippen LogP contribution in [-0.2, 0) is 4.79 Å². The zero-order valence-electron chi connectivity index (χ0n) is 9.47. The lowest BCUT2D eigenvalue weighted by molar-refractivity contribution is -0.116. The third-order valence-electron chi connectivity index (χ3n) is 2.85. The number of benzene rings is 1. The summed E-state index contributed by atoms with van der Waals surface area (Å²) in [6, 6.07) is 7.67. The Morgan fingerprint density at radius 3 is 2.94 bits per heavy atom. The van der Waals surface area contributed by atoms with E-state index in [0.29, 0.717) is 18.0 Å². The van der Waals surface area contributed by atoms with E-state index < -0.39 is 0 Å². The van der Waals surface area contributed by atoms with E-state index in [0.717, 1.165) is 5.56 Å². The largest absolute Gasteiger partial charge is 0.366 e. The number of carbonyl (C=O) groups excluding carboxylic acids is 1. The van der Waals surface area contributed by atoms with E-state index in [1.807, 2.05) is 36.5 Å². The zero-order valence-corrected chi connectivity index (χ0v) is 10.2. The molecule has 0 aromatic heterocycles. The van der Waals surface area contributed by atoms with Gasteiger partial charge in [-0.1, -0.05) is 35.9 Å². The van der Waals surface area contributed by atoms with Gasteiger partial charge in [0.15, 0.2) is 5.78 Å². The molecule has 1 heterocycles. The number of allylic oxidation sites excluding steroid dienone is 1. The molecule has 1 aromatic rings. The first-order valence-electron chi connectivity index (χ1n) is 5.54. The smallest absolute Gasteiger partial charge is 0.159 e. The van der Waals surface area contributed by atoms with E-state index >= 15 is 0 Å². The maximum absolute atomic E-state index is 11.5. The molecule has 1 aromatic carbocycles. The summed E-state index contributed by atoms with van der Waals surface area (Å²) < 4.78 is 0. The van der Waals surface area contributed by atoms with E-state index in [4.69, 9.17) is 11.6 Å². The Labute approximate surface area is 106 Å². The van der Waals surface area contributed by atoms with Crippen molar-refractivity contribution in [1.29, 1.82) is 0 Å². The van der Waals surface area contributed by atoms with Crippen molar-refractivity contribution in [3.63, 3.8) is 0 Å². The number of ketones is 1. The van der Waals surface area contributed by atoms with E-state index in [-0.39, 0.29) is 11.8 Å². The molecule has 0 bridgehead atoms. The number of nitrogens with zero attached hydrogens (tertiary/aromatic N) is 1. The highest BCUT2D eigenvalue weighted by molar-refractivity contribution is 6.31. The molecule has 0 amide bonds. The predicted octanol–water partition coefficient (Wildman–Crippen LogP) is 3.36. The van der Waals surface area contributed by atoms with Crippen LogP contribution in [0.1, 0.15) is 18.0 Å². The lowest BCUT2D eigenvalue weighted by Gasteiger charge is -2.32. The second-order valence-corrected chi connectivity index (χ2v) is 4.42. The molecule has 0 unspecified atom stereocenters. The average molecular weight is 248 g/mol. The zero-order chi connectivity index (χ0) is 12.3. The highest BCUT2D eigenvalue weighted by atomic mass is 35.5. The Balaban J connectivity index is 2.34. The minimum Gasteiger partial charge on any atom is -0.366 e. The fraction of sp³-hybridized carbons (Fsp3) is 0.214. The summed E-state index contributed by atoms with van der Waals surface area (Å²) in [6.07, 6.45) is 5.72. The summed E-state index contributed by atoms with van der Waals surface area (Å²) in [5.41, 5.74) is 0.994. The first-order chi connectivity index (χ1) is 8.22. The van der Waals surface area contributed by atoms with Gasteiger partial charge in [-0.2, -0.15) is 0 Å². The van der Waals surface area contributed by atoms with Gasteiger partial charge >= 0.3 is 0 Å². The maximum Gasteiger partial charge on any atom is 0.159 e. The van der Waals surface area contributed by atoms with Crippen LogP contribution in [-0.4, -0.2) is 17.2 Å². The molecule has 0 saturated carbocycles. The summed E-state index contributed by atoms with van der Waals surface area (Å²) >= 11 is 6.18. The van der Waals surface area contributed by atoms with Crippen molar-refractivity contribution in [3.8, 4) is 0 Å². The second-order valence-electron chi connectivity index (χ2n) is 4.01. The van der Waals surface area contributed by atoms with Crippen LogP contribution in [0.15, 0.2) is 49.2 Å². The number of rotatable bonds is 3. The molecule has 0 aliphatic carbocycles. The van der Waals surface area contributed by atoms with Gasteiger partial charge in [0.1, 0.15) is 0 Å². The van der Waals surface area contributed by atoms with E-state index in [2.05, 4.69) is 11.5 Å². The van der Waals surface area contributed by atoms with Crippen molar-refractivity contribution in [2.24, 2.45) is 0 Å². The van der Waals surface area contributed by atoms with Gasteiger partial charge in [-0.25, -0.2) is 0 Å². The van der Waals surface area contributed by atoms with Crippen molar-refractivity contribution >= 4 is 17.4 Å². The Hall–Kier alpha value is -1.54. The minimum absolute atomic E-state index is 0.0131.